The molecule has 19 heavy (non-hydrogen) atoms. The second-order valence-electron chi connectivity index (χ2n) is 4.92. The van der Waals surface area contributed by atoms with Crippen molar-refractivity contribution in [3.63, 3.8) is 0 Å². The Labute approximate surface area is 113 Å². The zero-order chi connectivity index (χ0) is 13.7. The van der Waals surface area contributed by atoms with Gasteiger partial charge in [-0.25, -0.2) is 10.8 Å². The maximum absolute atomic E-state index is 12.0. The van der Waals surface area contributed by atoms with Crippen molar-refractivity contribution in [2.75, 3.05) is 25.6 Å². The number of likely N-dealkylation sites (tertiary alicyclic amines) is 1. The number of hydrogen-bond acceptors (Lipinski definition) is 5. The zero-order valence-corrected chi connectivity index (χ0v) is 11.2. The SMILES string of the molecule is CN1CCCCC1CNC(=O)c1ccc(NN)nc1. The number of nitrogens with one attached hydrogen (secondary N) is 2. The molecule has 6 nitrogen and oxygen atoms in total. The van der Waals surface area contributed by atoms with Crippen LogP contribution >= 0.6 is 0 Å². The minimum absolute atomic E-state index is 0.0879. The van der Waals surface area contributed by atoms with Crippen LogP contribution in [-0.4, -0.2) is 42.0 Å². The van der Waals surface area contributed by atoms with E-state index in [1.165, 1.54) is 19.0 Å². The van der Waals surface area contributed by atoms with Crippen molar-refractivity contribution < 1.29 is 4.79 Å². The fraction of sp³-hybridized carbons (Fsp3) is 0.538. The number of nitrogens with zero attached hydrogens (tertiary/aromatic N) is 2. The second kappa shape index (κ2) is 6.49. The quantitative estimate of drug-likeness (QED) is 0.547. The normalized spacial score (nSPS) is 20.0. The van der Waals surface area contributed by atoms with Crippen LogP contribution in [0.3, 0.4) is 0 Å². The van der Waals surface area contributed by atoms with Gasteiger partial charge in [0.1, 0.15) is 5.82 Å². The van der Waals surface area contributed by atoms with Gasteiger partial charge in [-0.05, 0) is 38.6 Å². The molecule has 0 aromatic carbocycles. The molecule has 2 rings (SSSR count). The molecule has 1 aromatic rings. The lowest BCUT2D eigenvalue weighted by Crippen LogP contribution is -2.44. The van der Waals surface area contributed by atoms with Gasteiger partial charge in [-0.15, -0.1) is 0 Å². The molecule has 1 saturated heterocycles. The first-order chi connectivity index (χ1) is 9.20. The van der Waals surface area contributed by atoms with E-state index in [0.717, 1.165) is 13.0 Å². The molecule has 1 unspecified atom stereocenters. The Morgan fingerprint density at radius 1 is 1.53 bits per heavy atom. The topological polar surface area (TPSA) is 83.3 Å². The molecule has 2 heterocycles. The third kappa shape index (κ3) is 3.65. The largest absolute Gasteiger partial charge is 0.350 e. The van der Waals surface area contributed by atoms with Crippen molar-refractivity contribution in [1.82, 2.24) is 15.2 Å². The Morgan fingerprint density at radius 3 is 3.00 bits per heavy atom. The van der Waals surface area contributed by atoms with E-state index < -0.39 is 0 Å². The highest BCUT2D eigenvalue weighted by Gasteiger charge is 2.19. The van der Waals surface area contributed by atoms with Crippen LogP contribution in [-0.2, 0) is 0 Å². The zero-order valence-electron chi connectivity index (χ0n) is 11.2. The Kier molecular flexibility index (Phi) is 4.70. The summed E-state index contributed by atoms with van der Waals surface area (Å²) < 4.78 is 0. The Morgan fingerprint density at radius 2 is 2.37 bits per heavy atom. The van der Waals surface area contributed by atoms with E-state index in [2.05, 4.69) is 27.7 Å². The number of piperidine rings is 1. The molecule has 1 fully saturated rings. The maximum Gasteiger partial charge on any atom is 0.252 e. The van der Waals surface area contributed by atoms with Crippen LogP contribution in [0.2, 0.25) is 0 Å². The lowest BCUT2D eigenvalue weighted by molar-refractivity contribution is 0.0928. The first-order valence-electron chi connectivity index (χ1n) is 6.62. The summed E-state index contributed by atoms with van der Waals surface area (Å²) in [6, 6.07) is 3.83. The number of aromatic nitrogens is 1. The van der Waals surface area contributed by atoms with Crippen LogP contribution < -0.4 is 16.6 Å². The average molecular weight is 263 g/mol. The van der Waals surface area contributed by atoms with E-state index in [9.17, 15) is 4.79 Å². The number of amides is 1. The molecule has 1 aliphatic heterocycles. The summed E-state index contributed by atoms with van der Waals surface area (Å²) in [6.45, 7) is 1.80. The van der Waals surface area contributed by atoms with Crippen molar-refractivity contribution in [2.24, 2.45) is 5.84 Å². The lowest BCUT2D eigenvalue weighted by Gasteiger charge is -2.32. The van der Waals surface area contributed by atoms with Crippen LogP contribution in [0.1, 0.15) is 29.6 Å². The number of hydrazine groups is 1. The van der Waals surface area contributed by atoms with Gasteiger partial charge in [0.2, 0.25) is 0 Å². The first-order valence-corrected chi connectivity index (χ1v) is 6.62. The van der Waals surface area contributed by atoms with Gasteiger partial charge >= 0.3 is 0 Å². The van der Waals surface area contributed by atoms with E-state index in [1.807, 2.05) is 0 Å². The average Bonchev–Trinajstić information content (AvgIpc) is 2.46. The van der Waals surface area contributed by atoms with Crippen LogP contribution in [0.4, 0.5) is 5.82 Å². The summed E-state index contributed by atoms with van der Waals surface area (Å²) in [5, 5.41) is 2.96. The van der Waals surface area contributed by atoms with E-state index in [1.54, 1.807) is 12.1 Å². The number of carbonyl (C=O) groups excluding carboxylic acids is 1. The lowest BCUT2D eigenvalue weighted by atomic mass is 10.0. The van der Waals surface area contributed by atoms with Crippen LogP contribution in [0.25, 0.3) is 0 Å². The molecular weight excluding hydrogens is 242 g/mol. The van der Waals surface area contributed by atoms with Crippen molar-refractivity contribution >= 4 is 11.7 Å². The number of anilines is 1. The van der Waals surface area contributed by atoms with Crippen LogP contribution in [0.5, 0.6) is 0 Å². The summed E-state index contributed by atoms with van der Waals surface area (Å²) >= 11 is 0. The van der Waals surface area contributed by atoms with E-state index in [4.69, 9.17) is 5.84 Å². The fourth-order valence-electron chi connectivity index (χ4n) is 2.33. The first kappa shape index (κ1) is 13.8. The Balaban J connectivity index is 1.86. The highest BCUT2D eigenvalue weighted by atomic mass is 16.1. The predicted molar refractivity (Wildman–Crippen MR) is 74.6 cm³/mol. The van der Waals surface area contributed by atoms with Gasteiger partial charge < -0.3 is 15.6 Å². The number of likely N-dealkylation sites (N-methyl/N-ethyl adjacent to an activating group) is 1. The summed E-state index contributed by atoms with van der Waals surface area (Å²) in [5.74, 6) is 5.69. The Hall–Kier alpha value is -1.66. The smallest absolute Gasteiger partial charge is 0.252 e. The van der Waals surface area contributed by atoms with Gasteiger partial charge in [0, 0.05) is 18.8 Å². The summed E-state index contributed by atoms with van der Waals surface area (Å²) in [4.78, 5) is 18.3. The molecule has 0 radical (unpaired) electrons. The minimum atomic E-state index is -0.0879. The molecule has 0 aliphatic carbocycles. The Bertz CT molecular complexity index is 420. The number of rotatable bonds is 4. The van der Waals surface area contributed by atoms with E-state index in [0.29, 0.717) is 24.0 Å². The molecule has 1 amide bonds. The van der Waals surface area contributed by atoms with Gasteiger partial charge in [-0.3, -0.25) is 4.79 Å². The third-order valence-electron chi connectivity index (χ3n) is 3.59. The molecule has 4 N–H and O–H groups in total. The third-order valence-corrected chi connectivity index (χ3v) is 3.59. The molecule has 1 aromatic heterocycles. The number of hydrogen-bond donors (Lipinski definition) is 3. The monoisotopic (exact) mass is 263 g/mol. The van der Waals surface area contributed by atoms with Gasteiger partial charge in [0.15, 0.2) is 0 Å². The molecule has 6 heteroatoms. The van der Waals surface area contributed by atoms with Crippen LogP contribution in [0, 0.1) is 0 Å². The van der Waals surface area contributed by atoms with E-state index in [-0.39, 0.29) is 5.91 Å². The molecule has 104 valence electrons. The standard InChI is InChI=1S/C13H21N5O/c1-18-7-3-2-4-11(18)9-16-13(19)10-5-6-12(17-14)15-8-10/h5-6,8,11H,2-4,7,9,14H2,1H3,(H,15,17)(H,16,19). The second-order valence-corrected chi connectivity index (χ2v) is 4.92. The van der Waals surface area contributed by atoms with Crippen molar-refractivity contribution in [3.05, 3.63) is 23.9 Å². The van der Waals surface area contributed by atoms with Crippen molar-refractivity contribution in [1.29, 1.82) is 0 Å². The van der Waals surface area contributed by atoms with Gasteiger partial charge in [-0.1, -0.05) is 6.42 Å². The molecular formula is C13H21N5O. The van der Waals surface area contributed by atoms with Crippen LogP contribution in [0.15, 0.2) is 18.3 Å². The van der Waals surface area contributed by atoms with Crippen molar-refractivity contribution in [3.8, 4) is 0 Å². The summed E-state index contributed by atoms with van der Waals surface area (Å²) in [6.07, 6.45) is 5.15. The molecule has 0 bridgehead atoms. The van der Waals surface area contributed by atoms with E-state index >= 15 is 0 Å². The highest BCUT2D eigenvalue weighted by molar-refractivity contribution is 5.94. The molecule has 1 aliphatic rings. The number of pyridine rings is 1. The minimum Gasteiger partial charge on any atom is -0.350 e. The number of nitrogens with two attached hydrogens (primary N) is 1. The molecule has 1 atom stereocenters. The summed E-state index contributed by atoms with van der Waals surface area (Å²) in [5.41, 5.74) is 2.99. The highest BCUT2D eigenvalue weighted by Crippen LogP contribution is 2.14. The van der Waals surface area contributed by atoms with Crippen molar-refractivity contribution in [2.45, 2.75) is 25.3 Å². The maximum atomic E-state index is 12.0. The van der Waals surface area contributed by atoms with Gasteiger partial charge in [-0.2, -0.15) is 0 Å². The number of carbonyl (C=O) groups is 1. The molecule has 0 saturated carbocycles. The number of nitrogen functional groups attached to an aromatic ring is 1. The van der Waals surface area contributed by atoms with Gasteiger partial charge in [0.05, 0.1) is 5.56 Å². The fourth-order valence-corrected chi connectivity index (χ4v) is 2.33. The summed E-state index contributed by atoms with van der Waals surface area (Å²) in [7, 11) is 2.11. The van der Waals surface area contributed by atoms with Gasteiger partial charge in [0.25, 0.3) is 5.91 Å². The molecule has 0 spiro atoms. The predicted octanol–water partition coefficient (Wildman–Crippen LogP) is 0.581.